The average Bonchev–Trinajstić information content (AvgIpc) is 2.72. The molecule has 3 rings (SSSR count). The lowest BCUT2D eigenvalue weighted by molar-refractivity contribution is -0.286. The van der Waals surface area contributed by atoms with Gasteiger partial charge in [0, 0.05) is 6.61 Å². The molecule has 0 spiro atoms. The maximum Gasteiger partial charge on any atom is 0.586 e. The van der Waals surface area contributed by atoms with E-state index < -0.39 is 6.29 Å². The fourth-order valence-electron chi connectivity index (χ4n) is 2.12. The normalized spacial score (nSPS) is 15.3. The first-order valence-corrected chi connectivity index (χ1v) is 6.17. The van der Waals surface area contributed by atoms with Crippen molar-refractivity contribution in [3.05, 3.63) is 48.0 Å². The van der Waals surface area contributed by atoms with Gasteiger partial charge in [-0.15, -0.1) is 8.78 Å². The van der Waals surface area contributed by atoms with Gasteiger partial charge in [-0.1, -0.05) is 30.3 Å². The van der Waals surface area contributed by atoms with Crippen molar-refractivity contribution in [2.45, 2.75) is 12.7 Å². The Morgan fingerprint density at radius 3 is 2.25 bits per heavy atom. The molecule has 0 aliphatic carbocycles. The Morgan fingerprint density at radius 1 is 0.900 bits per heavy atom. The average molecular weight is 278 g/mol. The van der Waals surface area contributed by atoms with E-state index in [1.807, 2.05) is 24.3 Å². The third kappa shape index (κ3) is 2.44. The van der Waals surface area contributed by atoms with Crippen LogP contribution in [0.3, 0.4) is 0 Å². The third-order valence-corrected chi connectivity index (χ3v) is 3.09. The number of aliphatic hydroxyl groups excluding tert-OH is 1. The van der Waals surface area contributed by atoms with Crippen LogP contribution >= 0.6 is 0 Å². The van der Waals surface area contributed by atoms with Crippen LogP contribution in [0.25, 0.3) is 11.1 Å². The summed E-state index contributed by atoms with van der Waals surface area (Å²) in [7, 11) is 0. The molecule has 0 unspecified atom stereocenters. The van der Waals surface area contributed by atoms with Gasteiger partial charge >= 0.3 is 6.29 Å². The van der Waals surface area contributed by atoms with Gasteiger partial charge in [0.1, 0.15) is 0 Å². The highest BCUT2D eigenvalue weighted by molar-refractivity contribution is 5.67. The summed E-state index contributed by atoms with van der Waals surface area (Å²) >= 11 is 0. The molecule has 1 aliphatic heterocycles. The summed E-state index contributed by atoms with van der Waals surface area (Å²) in [5.41, 5.74) is 2.66. The molecule has 20 heavy (non-hydrogen) atoms. The Hall–Kier alpha value is -2.14. The van der Waals surface area contributed by atoms with Crippen LogP contribution in [0.4, 0.5) is 8.78 Å². The van der Waals surface area contributed by atoms with Crippen LogP contribution in [0.5, 0.6) is 11.5 Å². The second-order valence-corrected chi connectivity index (χ2v) is 4.50. The Balaban J connectivity index is 1.89. The van der Waals surface area contributed by atoms with Crippen molar-refractivity contribution in [1.29, 1.82) is 0 Å². The standard InChI is InChI=1S/C15H12F2O3/c16-15(17)19-13-6-5-12(9-14(13)20-15)11-3-1-10(2-4-11)7-8-18/h1-6,9,18H,7-8H2. The van der Waals surface area contributed by atoms with Gasteiger partial charge < -0.3 is 14.6 Å². The van der Waals surface area contributed by atoms with E-state index >= 15 is 0 Å². The van der Waals surface area contributed by atoms with Crippen LogP contribution in [0.15, 0.2) is 42.5 Å². The Labute approximate surface area is 114 Å². The molecule has 0 aromatic heterocycles. The van der Waals surface area contributed by atoms with Gasteiger partial charge in [0.15, 0.2) is 11.5 Å². The molecule has 0 amide bonds. The molecule has 1 heterocycles. The monoisotopic (exact) mass is 278 g/mol. The zero-order valence-corrected chi connectivity index (χ0v) is 10.5. The van der Waals surface area contributed by atoms with E-state index in [9.17, 15) is 8.78 Å². The fourth-order valence-corrected chi connectivity index (χ4v) is 2.12. The van der Waals surface area contributed by atoms with Crippen molar-refractivity contribution in [3.63, 3.8) is 0 Å². The number of rotatable bonds is 3. The van der Waals surface area contributed by atoms with Crippen LogP contribution in [0, 0.1) is 0 Å². The summed E-state index contributed by atoms with van der Waals surface area (Å²) in [4.78, 5) is 0. The highest BCUT2D eigenvalue weighted by Gasteiger charge is 2.43. The number of ether oxygens (including phenoxy) is 2. The van der Waals surface area contributed by atoms with E-state index in [1.165, 1.54) is 12.1 Å². The number of alkyl halides is 2. The molecule has 1 aliphatic rings. The van der Waals surface area contributed by atoms with Crippen molar-refractivity contribution in [2.75, 3.05) is 6.61 Å². The van der Waals surface area contributed by atoms with Gasteiger partial charge in [0.25, 0.3) is 0 Å². The minimum Gasteiger partial charge on any atom is -0.396 e. The van der Waals surface area contributed by atoms with Crippen LogP contribution in [-0.2, 0) is 6.42 Å². The minimum absolute atomic E-state index is 0.0342. The van der Waals surface area contributed by atoms with Crippen molar-refractivity contribution < 1.29 is 23.4 Å². The number of benzene rings is 2. The molecule has 3 nitrogen and oxygen atoms in total. The largest absolute Gasteiger partial charge is 0.586 e. The second kappa shape index (κ2) is 4.76. The van der Waals surface area contributed by atoms with Crippen molar-refractivity contribution >= 4 is 0 Å². The van der Waals surface area contributed by atoms with E-state index in [2.05, 4.69) is 9.47 Å². The predicted molar refractivity (Wildman–Crippen MR) is 68.9 cm³/mol. The van der Waals surface area contributed by atoms with Crippen LogP contribution in [0.2, 0.25) is 0 Å². The first-order valence-electron chi connectivity index (χ1n) is 6.17. The Kier molecular flexibility index (Phi) is 3.06. The first-order chi connectivity index (χ1) is 9.57. The predicted octanol–water partition coefficient (Wildman–Crippen LogP) is 3.21. The molecule has 0 saturated heterocycles. The molecule has 0 fully saturated rings. The van der Waals surface area contributed by atoms with Crippen LogP contribution in [0.1, 0.15) is 5.56 Å². The number of fused-ring (bicyclic) bond motifs is 1. The summed E-state index contributed by atoms with van der Waals surface area (Å²) in [6.07, 6.45) is -3.00. The Bertz CT molecular complexity index is 624. The molecule has 5 heteroatoms. The quantitative estimate of drug-likeness (QED) is 0.937. The second-order valence-electron chi connectivity index (χ2n) is 4.50. The van der Waals surface area contributed by atoms with Gasteiger partial charge in [-0.2, -0.15) is 0 Å². The van der Waals surface area contributed by atoms with E-state index in [0.717, 1.165) is 16.7 Å². The molecule has 0 bridgehead atoms. The summed E-state index contributed by atoms with van der Waals surface area (Å²) in [6, 6.07) is 12.2. The van der Waals surface area contributed by atoms with Crippen LogP contribution in [-0.4, -0.2) is 18.0 Å². The molecule has 0 saturated carbocycles. The molecule has 2 aromatic carbocycles. The number of halogens is 2. The number of aliphatic hydroxyl groups is 1. The molecule has 1 N–H and O–H groups in total. The maximum atomic E-state index is 12.9. The van der Waals surface area contributed by atoms with E-state index in [-0.39, 0.29) is 18.1 Å². The number of hydrogen-bond donors (Lipinski definition) is 1. The van der Waals surface area contributed by atoms with E-state index in [1.54, 1.807) is 6.07 Å². The van der Waals surface area contributed by atoms with Gasteiger partial charge in [0.2, 0.25) is 0 Å². The zero-order valence-electron chi connectivity index (χ0n) is 10.5. The first kappa shape index (κ1) is 12.9. The highest BCUT2D eigenvalue weighted by atomic mass is 19.3. The lowest BCUT2D eigenvalue weighted by Gasteiger charge is -2.05. The van der Waals surface area contributed by atoms with Gasteiger partial charge in [0.05, 0.1) is 0 Å². The van der Waals surface area contributed by atoms with E-state index in [4.69, 9.17) is 5.11 Å². The summed E-state index contributed by atoms with van der Waals surface area (Å²) in [5, 5.41) is 8.86. The van der Waals surface area contributed by atoms with Crippen molar-refractivity contribution in [3.8, 4) is 22.6 Å². The summed E-state index contributed by atoms with van der Waals surface area (Å²) < 4.78 is 34.7. The van der Waals surface area contributed by atoms with E-state index in [0.29, 0.717) is 6.42 Å². The molecular weight excluding hydrogens is 266 g/mol. The fraction of sp³-hybridized carbons (Fsp3) is 0.200. The molecule has 104 valence electrons. The number of hydrogen-bond acceptors (Lipinski definition) is 3. The third-order valence-electron chi connectivity index (χ3n) is 3.09. The maximum absolute atomic E-state index is 12.9. The van der Waals surface area contributed by atoms with Crippen molar-refractivity contribution in [2.24, 2.45) is 0 Å². The van der Waals surface area contributed by atoms with Crippen LogP contribution < -0.4 is 9.47 Å². The summed E-state index contributed by atoms with van der Waals surface area (Å²) in [5.74, 6) is 0.0718. The van der Waals surface area contributed by atoms with Gasteiger partial charge in [-0.3, -0.25) is 0 Å². The lowest BCUT2D eigenvalue weighted by atomic mass is 10.0. The lowest BCUT2D eigenvalue weighted by Crippen LogP contribution is -2.25. The molecule has 2 aromatic rings. The zero-order chi connectivity index (χ0) is 14.2. The summed E-state index contributed by atoms with van der Waals surface area (Å²) in [6.45, 7) is 0.0957. The smallest absolute Gasteiger partial charge is 0.396 e. The molecule has 0 atom stereocenters. The Morgan fingerprint density at radius 2 is 1.55 bits per heavy atom. The minimum atomic E-state index is -3.59. The van der Waals surface area contributed by atoms with Gasteiger partial charge in [-0.25, -0.2) is 0 Å². The van der Waals surface area contributed by atoms with Gasteiger partial charge in [-0.05, 0) is 35.2 Å². The van der Waals surface area contributed by atoms with Crippen molar-refractivity contribution in [1.82, 2.24) is 0 Å². The SMILES string of the molecule is OCCc1ccc(-c2ccc3c(c2)OC(F)(F)O3)cc1. The molecule has 0 radical (unpaired) electrons. The molecular formula is C15H12F2O3. The highest BCUT2D eigenvalue weighted by Crippen LogP contribution is 2.42. The topological polar surface area (TPSA) is 38.7 Å².